The lowest BCUT2D eigenvalue weighted by atomic mass is 10.1. The molecular weight excluding hydrogens is 328 g/mol. The van der Waals surface area contributed by atoms with Gasteiger partial charge in [0.25, 0.3) is 0 Å². The minimum atomic E-state index is 0.0319. The van der Waals surface area contributed by atoms with Crippen molar-refractivity contribution in [3.63, 3.8) is 0 Å². The van der Waals surface area contributed by atoms with Gasteiger partial charge in [0.1, 0.15) is 0 Å². The summed E-state index contributed by atoms with van der Waals surface area (Å²) in [7, 11) is 0. The molecule has 110 valence electrons. The fourth-order valence-electron chi connectivity index (χ4n) is 1.99. The van der Waals surface area contributed by atoms with Gasteiger partial charge in [-0.05, 0) is 22.3 Å². The van der Waals surface area contributed by atoms with Crippen LogP contribution in [0.3, 0.4) is 0 Å². The second-order valence-electron chi connectivity index (χ2n) is 4.92. The molecule has 3 nitrogen and oxygen atoms in total. The standard InChI is InChI=1S/C17H19BrN2O/c18-10-14-3-1-13(2-4-14)9-17(21)20-12-16-7-5-15(11-19)6-8-16/h1-8H,9-12,19H2,(H,20,21). The zero-order chi connectivity index (χ0) is 15.1. The maximum atomic E-state index is 11.9. The van der Waals surface area contributed by atoms with E-state index in [1.54, 1.807) is 0 Å². The molecule has 2 aromatic rings. The molecule has 0 saturated heterocycles. The Hall–Kier alpha value is -1.65. The van der Waals surface area contributed by atoms with Crippen molar-refractivity contribution < 1.29 is 4.79 Å². The molecule has 4 heteroatoms. The molecular formula is C17H19BrN2O. The maximum absolute atomic E-state index is 11.9. The average Bonchev–Trinajstić information content (AvgIpc) is 2.54. The number of rotatable bonds is 6. The van der Waals surface area contributed by atoms with Crippen LogP contribution < -0.4 is 11.1 Å². The second kappa shape index (κ2) is 7.96. The van der Waals surface area contributed by atoms with E-state index in [9.17, 15) is 4.79 Å². The van der Waals surface area contributed by atoms with Crippen LogP contribution in [0.2, 0.25) is 0 Å². The van der Waals surface area contributed by atoms with Gasteiger partial charge in [0.05, 0.1) is 6.42 Å². The van der Waals surface area contributed by atoms with Crippen LogP contribution in [0.25, 0.3) is 0 Å². The van der Waals surface area contributed by atoms with Gasteiger partial charge >= 0.3 is 0 Å². The molecule has 0 unspecified atom stereocenters. The number of nitrogens with two attached hydrogens (primary N) is 1. The Labute approximate surface area is 133 Å². The number of hydrogen-bond donors (Lipinski definition) is 2. The molecule has 0 radical (unpaired) electrons. The van der Waals surface area contributed by atoms with Crippen LogP contribution in [-0.4, -0.2) is 5.91 Å². The van der Waals surface area contributed by atoms with Crippen molar-refractivity contribution in [1.82, 2.24) is 5.32 Å². The van der Waals surface area contributed by atoms with Gasteiger partial charge in [-0.1, -0.05) is 64.5 Å². The van der Waals surface area contributed by atoms with Gasteiger partial charge in [0, 0.05) is 18.4 Å². The third-order valence-corrected chi connectivity index (χ3v) is 3.94. The van der Waals surface area contributed by atoms with E-state index in [-0.39, 0.29) is 5.91 Å². The summed E-state index contributed by atoms with van der Waals surface area (Å²) in [4.78, 5) is 11.9. The minimum absolute atomic E-state index is 0.0319. The molecule has 0 aromatic heterocycles. The molecule has 21 heavy (non-hydrogen) atoms. The fourth-order valence-corrected chi connectivity index (χ4v) is 2.36. The van der Waals surface area contributed by atoms with E-state index >= 15 is 0 Å². The number of alkyl halides is 1. The number of nitrogens with one attached hydrogen (secondary N) is 1. The summed E-state index contributed by atoms with van der Waals surface area (Å²) in [5.41, 5.74) is 9.96. The van der Waals surface area contributed by atoms with Crippen LogP contribution in [0.5, 0.6) is 0 Å². The van der Waals surface area contributed by atoms with Crippen LogP contribution in [0.4, 0.5) is 0 Å². The Morgan fingerprint density at radius 3 is 2.00 bits per heavy atom. The van der Waals surface area contributed by atoms with E-state index in [4.69, 9.17) is 5.73 Å². The number of benzene rings is 2. The highest BCUT2D eigenvalue weighted by Crippen LogP contribution is 2.09. The first-order chi connectivity index (χ1) is 10.2. The molecule has 0 heterocycles. The first-order valence-corrected chi connectivity index (χ1v) is 8.02. The lowest BCUT2D eigenvalue weighted by Crippen LogP contribution is -2.24. The third-order valence-electron chi connectivity index (χ3n) is 3.29. The molecule has 2 aromatic carbocycles. The van der Waals surface area contributed by atoms with Gasteiger partial charge in [-0.3, -0.25) is 4.79 Å². The van der Waals surface area contributed by atoms with Gasteiger partial charge in [-0.2, -0.15) is 0 Å². The summed E-state index contributed by atoms with van der Waals surface area (Å²) in [5, 5.41) is 3.77. The van der Waals surface area contributed by atoms with E-state index in [2.05, 4.69) is 21.2 Å². The summed E-state index contributed by atoms with van der Waals surface area (Å²) in [6.07, 6.45) is 0.406. The number of hydrogen-bond acceptors (Lipinski definition) is 2. The van der Waals surface area contributed by atoms with E-state index in [0.29, 0.717) is 19.5 Å². The molecule has 0 spiro atoms. The highest BCUT2D eigenvalue weighted by atomic mass is 79.9. The number of halogens is 1. The molecule has 0 fully saturated rings. The van der Waals surface area contributed by atoms with Crippen LogP contribution >= 0.6 is 15.9 Å². The van der Waals surface area contributed by atoms with E-state index in [1.165, 1.54) is 5.56 Å². The lowest BCUT2D eigenvalue weighted by Gasteiger charge is -2.07. The van der Waals surface area contributed by atoms with E-state index < -0.39 is 0 Å². The predicted octanol–water partition coefficient (Wildman–Crippen LogP) is 2.90. The molecule has 0 saturated carbocycles. The van der Waals surface area contributed by atoms with Gasteiger partial charge in [0.2, 0.25) is 5.91 Å². The summed E-state index contributed by atoms with van der Waals surface area (Å²) in [6.45, 7) is 1.08. The largest absolute Gasteiger partial charge is 0.352 e. The van der Waals surface area contributed by atoms with Crippen molar-refractivity contribution in [2.24, 2.45) is 5.73 Å². The zero-order valence-electron chi connectivity index (χ0n) is 11.8. The minimum Gasteiger partial charge on any atom is -0.352 e. The SMILES string of the molecule is NCc1ccc(CNC(=O)Cc2ccc(CBr)cc2)cc1. The van der Waals surface area contributed by atoms with E-state index in [1.807, 2.05) is 48.5 Å². The molecule has 3 N–H and O–H groups in total. The third kappa shape index (κ3) is 4.99. The first kappa shape index (κ1) is 15.7. The van der Waals surface area contributed by atoms with Gasteiger partial charge in [-0.25, -0.2) is 0 Å². The van der Waals surface area contributed by atoms with Gasteiger partial charge < -0.3 is 11.1 Å². The molecule has 0 bridgehead atoms. The van der Waals surface area contributed by atoms with E-state index in [0.717, 1.165) is 22.0 Å². The topological polar surface area (TPSA) is 55.1 Å². The average molecular weight is 347 g/mol. The van der Waals surface area contributed by atoms with Crippen molar-refractivity contribution in [2.45, 2.75) is 24.8 Å². The highest BCUT2D eigenvalue weighted by molar-refractivity contribution is 9.08. The van der Waals surface area contributed by atoms with Crippen molar-refractivity contribution >= 4 is 21.8 Å². The lowest BCUT2D eigenvalue weighted by molar-refractivity contribution is -0.120. The Morgan fingerprint density at radius 1 is 0.905 bits per heavy atom. The summed E-state index contributed by atoms with van der Waals surface area (Å²) < 4.78 is 0. The Kier molecular flexibility index (Phi) is 5.96. The van der Waals surface area contributed by atoms with Crippen LogP contribution in [0.1, 0.15) is 22.3 Å². The van der Waals surface area contributed by atoms with Crippen LogP contribution in [0.15, 0.2) is 48.5 Å². The van der Waals surface area contributed by atoms with Crippen molar-refractivity contribution in [3.05, 3.63) is 70.8 Å². The molecule has 0 aliphatic heterocycles. The van der Waals surface area contributed by atoms with Gasteiger partial charge in [-0.15, -0.1) is 0 Å². The smallest absolute Gasteiger partial charge is 0.224 e. The second-order valence-corrected chi connectivity index (χ2v) is 5.48. The highest BCUT2D eigenvalue weighted by Gasteiger charge is 2.03. The zero-order valence-corrected chi connectivity index (χ0v) is 13.4. The predicted molar refractivity (Wildman–Crippen MR) is 89.0 cm³/mol. The van der Waals surface area contributed by atoms with Crippen molar-refractivity contribution in [1.29, 1.82) is 0 Å². The van der Waals surface area contributed by atoms with Crippen molar-refractivity contribution in [2.75, 3.05) is 0 Å². The molecule has 2 rings (SSSR count). The summed E-state index contributed by atoms with van der Waals surface area (Å²) in [5.74, 6) is 0.0319. The molecule has 0 aliphatic carbocycles. The molecule has 0 aliphatic rings. The fraction of sp³-hybridized carbons (Fsp3) is 0.235. The number of carbonyl (C=O) groups is 1. The Bertz CT molecular complexity index is 579. The maximum Gasteiger partial charge on any atom is 0.224 e. The number of carbonyl (C=O) groups excluding carboxylic acids is 1. The molecule has 1 amide bonds. The number of amides is 1. The quantitative estimate of drug-likeness (QED) is 0.790. The van der Waals surface area contributed by atoms with Crippen LogP contribution in [-0.2, 0) is 29.6 Å². The monoisotopic (exact) mass is 346 g/mol. The molecule has 0 atom stereocenters. The normalized spacial score (nSPS) is 10.4. The Balaban J connectivity index is 1.83. The Morgan fingerprint density at radius 2 is 1.43 bits per heavy atom. The van der Waals surface area contributed by atoms with Crippen molar-refractivity contribution in [3.8, 4) is 0 Å². The van der Waals surface area contributed by atoms with Crippen LogP contribution in [0, 0.1) is 0 Å². The summed E-state index contributed by atoms with van der Waals surface area (Å²) >= 11 is 3.41. The summed E-state index contributed by atoms with van der Waals surface area (Å²) in [6, 6.07) is 16.0. The van der Waals surface area contributed by atoms with Gasteiger partial charge in [0.15, 0.2) is 0 Å². The first-order valence-electron chi connectivity index (χ1n) is 6.89.